The number of hydrogen-bond donors (Lipinski definition) is 1. The Kier molecular flexibility index (Phi) is 5.22. The van der Waals surface area contributed by atoms with Crippen molar-refractivity contribution in [2.75, 3.05) is 31.2 Å². The van der Waals surface area contributed by atoms with E-state index in [0.29, 0.717) is 38.0 Å². The average molecular weight is 499 g/mol. The fraction of sp³-hybridized carbons (Fsp3) is 0.400. The van der Waals surface area contributed by atoms with Crippen LogP contribution in [0, 0.1) is 0 Å². The second-order valence-corrected chi connectivity index (χ2v) is 9.76. The minimum Gasteiger partial charge on any atom is -0.378 e. The Morgan fingerprint density at radius 3 is 2.58 bits per heavy atom. The lowest BCUT2D eigenvalue weighted by Crippen LogP contribution is -2.67. The van der Waals surface area contributed by atoms with Crippen LogP contribution in [0.4, 0.5) is 18.9 Å². The summed E-state index contributed by atoms with van der Waals surface area (Å²) in [5.41, 5.74) is 6.17. The Hall–Kier alpha value is -3.28. The monoisotopic (exact) mass is 498 g/mol. The van der Waals surface area contributed by atoms with Gasteiger partial charge in [0.25, 0.3) is 5.91 Å². The number of halogens is 3. The van der Waals surface area contributed by atoms with Gasteiger partial charge in [-0.2, -0.15) is 13.2 Å². The van der Waals surface area contributed by atoms with E-state index in [2.05, 4.69) is 15.1 Å². The van der Waals surface area contributed by atoms with Crippen molar-refractivity contribution in [2.45, 2.75) is 30.7 Å². The van der Waals surface area contributed by atoms with Gasteiger partial charge in [-0.05, 0) is 41.0 Å². The molecule has 2 saturated heterocycles. The van der Waals surface area contributed by atoms with Gasteiger partial charge in [0.05, 0.1) is 36.8 Å². The van der Waals surface area contributed by atoms with Crippen molar-refractivity contribution in [3.05, 3.63) is 76.4 Å². The number of hydrogen-bond acceptors (Lipinski definition) is 6. The van der Waals surface area contributed by atoms with Gasteiger partial charge < -0.3 is 19.9 Å². The number of benzene rings is 2. The maximum absolute atomic E-state index is 13.8. The Balaban J connectivity index is 1.37. The Morgan fingerprint density at radius 2 is 1.97 bits per heavy atom. The summed E-state index contributed by atoms with van der Waals surface area (Å²) in [6.07, 6.45) is -2.92. The van der Waals surface area contributed by atoms with E-state index in [1.54, 1.807) is 12.4 Å². The van der Waals surface area contributed by atoms with Gasteiger partial charge in [-0.3, -0.25) is 9.69 Å². The molecule has 0 aliphatic carbocycles. The number of aryl methyl sites for hydroxylation is 1. The van der Waals surface area contributed by atoms with Gasteiger partial charge in [-0.25, -0.2) is 0 Å². The van der Waals surface area contributed by atoms with Crippen molar-refractivity contribution in [3.8, 4) is 0 Å². The van der Waals surface area contributed by atoms with Crippen LogP contribution in [0.1, 0.15) is 38.4 Å². The number of amides is 1. The first-order valence-corrected chi connectivity index (χ1v) is 11.7. The first-order chi connectivity index (χ1) is 17.2. The summed E-state index contributed by atoms with van der Waals surface area (Å²) in [5.74, 6) is 0.344. The second kappa shape index (κ2) is 8.12. The van der Waals surface area contributed by atoms with E-state index in [-0.39, 0.29) is 29.8 Å². The molecular formula is C25H25F3N6O2. The normalized spacial score (nSPS) is 19.8. The summed E-state index contributed by atoms with van der Waals surface area (Å²) in [6.45, 7) is 2.58. The van der Waals surface area contributed by atoms with E-state index >= 15 is 0 Å². The Morgan fingerprint density at radius 1 is 1.19 bits per heavy atom. The molecule has 8 nitrogen and oxygen atoms in total. The molecule has 3 aliphatic rings. The second-order valence-electron chi connectivity index (χ2n) is 9.76. The molecule has 36 heavy (non-hydrogen) atoms. The van der Waals surface area contributed by atoms with Gasteiger partial charge in [-0.15, -0.1) is 10.2 Å². The molecule has 1 aromatic heterocycles. The maximum Gasteiger partial charge on any atom is 0.416 e. The zero-order valence-electron chi connectivity index (χ0n) is 19.6. The minimum absolute atomic E-state index is 0.0158. The summed E-state index contributed by atoms with van der Waals surface area (Å²) in [4.78, 5) is 17.1. The number of carbonyl (C=O) groups is 1. The molecule has 2 fully saturated rings. The first kappa shape index (κ1) is 23.1. The SMILES string of the molecule is Cn1cnnc1C1(c2cccc(N3Cc4c(cc(CN)cc4C(F)(F)F)C3=O)c2)CN(C2COC2)C1. The number of likely N-dealkylation sites (tertiary alicyclic amines) is 1. The number of rotatable bonds is 5. The van der Waals surface area contributed by atoms with E-state index < -0.39 is 23.1 Å². The van der Waals surface area contributed by atoms with E-state index in [4.69, 9.17) is 10.5 Å². The number of ether oxygens (including phenoxy) is 1. The van der Waals surface area contributed by atoms with Crippen LogP contribution in [0.5, 0.6) is 0 Å². The highest BCUT2D eigenvalue weighted by Gasteiger charge is 2.52. The molecule has 3 aromatic rings. The molecule has 2 N–H and O–H groups in total. The standard InChI is InChI=1S/C25H25F3N6O2/c1-32-14-30-31-23(32)24(12-33(13-24)18-10-36-11-18)16-3-2-4-17(7-16)34-9-20-19(22(34)35)5-15(8-29)6-21(20)25(26,27)28/h2-7,14,18H,8-13,29H2,1H3. The van der Waals surface area contributed by atoms with E-state index in [1.165, 1.54) is 11.0 Å². The highest BCUT2D eigenvalue weighted by molar-refractivity contribution is 6.10. The summed E-state index contributed by atoms with van der Waals surface area (Å²) in [5, 5.41) is 8.47. The number of aromatic nitrogens is 3. The molecule has 4 heterocycles. The summed E-state index contributed by atoms with van der Waals surface area (Å²) < 4.78 is 48.7. The number of alkyl halides is 3. The van der Waals surface area contributed by atoms with Crippen LogP contribution >= 0.6 is 0 Å². The predicted octanol–water partition coefficient (Wildman–Crippen LogP) is 2.45. The quantitative estimate of drug-likeness (QED) is 0.582. The van der Waals surface area contributed by atoms with Crippen molar-refractivity contribution in [3.63, 3.8) is 0 Å². The molecule has 0 bridgehead atoms. The van der Waals surface area contributed by atoms with Crippen LogP contribution in [-0.2, 0) is 36.5 Å². The molecule has 0 unspecified atom stereocenters. The topological polar surface area (TPSA) is 89.5 Å². The van der Waals surface area contributed by atoms with Crippen molar-refractivity contribution in [1.82, 2.24) is 19.7 Å². The zero-order valence-corrected chi connectivity index (χ0v) is 19.6. The van der Waals surface area contributed by atoms with Crippen LogP contribution in [0.2, 0.25) is 0 Å². The lowest BCUT2D eigenvalue weighted by molar-refractivity contribution is -0.138. The molecule has 3 aliphatic heterocycles. The van der Waals surface area contributed by atoms with E-state index in [0.717, 1.165) is 17.5 Å². The van der Waals surface area contributed by atoms with Crippen molar-refractivity contribution >= 4 is 11.6 Å². The molecular weight excluding hydrogens is 473 g/mol. The lowest BCUT2D eigenvalue weighted by atomic mass is 9.71. The molecule has 0 radical (unpaired) electrons. The Bertz CT molecular complexity index is 1340. The molecule has 2 aromatic carbocycles. The van der Waals surface area contributed by atoms with Gasteiger partial charge in [0.2, 0.25) is 0 Å². The third-order valence-corrected chi connectivity index (χ3v) is 7.58. The van der Waals surface area contributed by atoms with Crippen LogP contribution in [0.3, 0.4) is 0 Å². The fourth-order valence-electron chi connectivity index (χ4n) is 5.53. The van der Waals surface area contributed by atoms with Gasteiger partial charge in [0, 0.05) is 37.9 Å². The van der Waals surface area contributed by atoms with E-state index in [1.807, 2.05) is 29.8 Å². The number of nitrogens with two attached hydrogens (primary N) is 1. The molecule has 0 saturated carbocycles. The molecule has 11 heteroatoms. The minimum atomic E-state index is -4.58. The van der Waals surface area contributed by atoms with Crippen LogP contribution < -0.4 is 10.6 Å². The predicted molar refractivity (Wildman–Crippen MR) is 124 cm³/mol. The summed E-state index contributed by atoms with van der Waals surface area (Å²) in [6, 6.07) is 10.3. The molecule has 6 rings (SSSR count). The molecule has 188 valence electrons. The smallest absolute Gasteiger partial charge is 0.378 e. The Labute approximate surface area is 205 Å². The highest BCUT2D eigenvalue weighted by Crippen LogP contribution is 2.44. The zero-order chi connectivity index (χ0) is 25.2. The largest absolute Gasteiger partial charge is 0.416 e. The molecule has 0 spiro atoms. The van der Waals surface area contributed by atoms with E-state index in [9.17, 15) is 18.0 Å². The van der Waals surface area contributed by atoms with Crippen molar-refractivity contribution in [2.24, 2.45) is 12.8 Å². The number of nitrogens with zero attached hydrogens (tertiary/aromatic N) is 5. The third-order valence-electron chi connectivity index (χ3n) is 7.58. The fourth-order valence-corrected chi connectivity index (χ4v) is 5.53. The highest BCUT2D eigenvalue weighted by atomic mass is 19.4. The van der Waals surface area contributed by atoms with Gasteiger partial charge in [0.1, 0.15) is 12.2 Å². The molecule has 0 atom stereocenters. The van der Waals surface area contributed by atoms with Gasteiger partial charge >= 0.3 is 6.18 Å². The van der Waals surface area contributed by atoms with Gasteiger partial charge in [-0.1, -0.05) is 12.1 Å². The lowest BCUT2D eigenvalue weighted by Gasteiger charge is -2.54. The van der Waals surface area contributed by atoms with Crippen LogP contribution in [0.25, 0.3) is 0 Å². The maximum atomic E-state index is 13.8. The van der Waals surface area contributed by atoms with Crippen molar-refractivity contribution in [1.29, 1.82) is 0 Å². The average Bonchev–Trinajstić information content (AvgIpc) is 3.36. The number of fused-ring (bicyclic) bond motifs is 1. The summed E-state index contributed by atoms with van der Waals surface area (Å²) >= 11 is 0. The van der Waals surface area contributed by atoms with Crippen LogP contribution in [0.15, 0.2) is 42.7 Å². The van der Waals surface area contributed by atoms with Crippen molar-refractivity contribution < 1.29 is 22.7 Å². The first-order valence-electron chi connectivity index (χ1n) is 11.7. The molecule has 1 amide bonds. The number of anilines is 1. The number of carbonyl (C=O) groups excluding carboxylic acids is 1. The van der Waals surface area contributed by atoms with Crippen LogP contribution in [-0.4, -0.2) is 57.9 Å². The third kappa shape index (κ3) is 3.45. The summed E-state index contributed by atoms with van der Waals surface area (Å²) in [7, 11) is 1.89. The van der Waals surface area contributed by atoms with Gasteiger partial charge in [0.15, 0.2) is 0 Å².